The fourth-order valence-electron chi connectivity index (χ4n) is 3.87. The zero-order valence-corrected chi connectivity index (χ0v) is 24.4. The standard InChI is InChI=1S/C28H23Cl2FN4O5S/c1-15-8-19(27(36)33-6-7-41(3,37)38)11-22(16(15)2)28-35-34-24(40-28)12-18-4-5-23(30)26(25(18)31)39-21-10-17(14-32)9-20(29)13-21/h4-5,8-11,13H,6-7,12H2,1-3H3,(H,33,36). The fourth-order valence-corrected chi connectivity index (χ4v) is 4.75. The van der Waals surface area contributed by atoms with E-state index in [1.165, 1.54) is 30.3 Å². The molecular formula is C28H23Cl2FN4O5S. The van der Waals surface area contributed by atoms with Crippen molar-refractivity contribution in [3.05, 3.63) is 92.0 Å². The van der Waals surface area contributed by atoms with Gasteiger partial charge in [0.2, 0.25) is 11.8 Å². The van der Waals surface area contributed by atoms with Crippen LogP contribution in [0.2, 0.25) is 10.0 Å². The highest BCUT2D eigenvalue weighted by Crippen LogP contribution is 2.36. The highest BCUT2D eigenvalue weighted by atomic mass is 35.5. The maximum absolute atomic E-state index is 15.5. The molecule has 4 aromatic rings. The van der Waals surface area contributed by atoms with Crippen LogP contribution in [0.15, 0.2) is 46.9 Å². The number of nitriles is 1. The molecule has 0 fully saturated rings. The molecule has 0 spiro atoms. The number of carbonyl (C=O) groups excluding carboxylic acids is 1. The van der Waals surface area contributed by atoms with Gasteiger partial charge >= 0.3 is 0 Å². The molecule has 4 rings (SSSR count). The van der Waals surface area contributed by atoms with E-state index in [0.29, 0.717) is 11.1 Å². The lowest BCUT2D eigenvalue weighted by atomic mass is 9.99. The van der Waals surface area contributed by atoms with Crippen LogP contribution in [-0.4, -0.2) is 43.1 Å². The van der Waals surface area contributed by atoms with Gasteiger partial charge in [-0.25, -0.2) is 12.8 Å². The monoisotopic (exact) mass is 616 g/mol. The van der Waals surface area contributed by atoms with Gasteiger partial charge in [-0.1, -0.05) is 29.3 Å². The second-order valence-corrected chi connectivity index (χ2v) is 12.4. The summed E-state index contributed by atoms with van der Waals surface area (Å²) < 4.78 is 49.7. The molecule has 0 aliphatic rings. The Balaban J connectivity index is 1.57. The van der Waals surface area contributed by atoms with E-state index in [1.807, 2.05) is 19.9 Å². The third kappa shape index (κ3) is 7.41. The number of hydrogen-bond donors (Lipinski definition) is 1. The number of sulfone groups is 1. The van der Waals surface area contributed by atoms with Gasteiger partial charge in [0.25, 0.3) is 5.91 Å². The van der Waals surface area contributed by atoms with Crippen molar-refractivity contribution in [1.82, 2.24) is 15.5 Å². The summed E-state index contributed by atoms with van der Waals surface area (Å²) in [6, 6.07) is 12.4. The summed E-state index contributed by atoms with van der Waals surface area (Å²) in [6.45, 7) is 3.61. The Hall–Kier alpha value is -3.98. The topological polar surface area (TPSA) is 135 Å². The van der Waals surface area contributed by atoms with Crippen molar-refractivity contribution < 1.29 is 26.8 Å². The van der Waals surface area contributed by atoms with E-state index >= 15 is 4.39 Å². The molecule has 0 saturated heterocycles. The second-order valence-electron chi connectivity index (χ2n) is 9.27. The largest absolute Gasteiger partial charge is 0.453 e. The van der Waals surface area contributed by atoms with Gasteiger partial charge < -0.3 is 14.5 Å². The zero-order valence-electron chi connectivity index (χ0n) is 22.1. The number of carbonyl (C=O) groups is 1. The number of halogens is 3. The van der Waals surface area contributed by atoms with Crippen molar-refractivity contribution in [3.8, 4) is 29.0 Å². The van der Waals surface area contributed by atoms with Crippen LogP contribution in [0, 0.1) is 31.0 Å². The summed E-state index contributed by atoms with van der Waals surface area (Å²) >= 11 is 12.2. The van der Waals surface area contributed by atoms with Crippen molar-refractivity contribution in [2.75, 3.05) is 18.6 Å². The Kier molecular flexibility index (Phi) is 8.97. The molecule has 9 nitrogen and oxygen atoms in total. The molecule has 0 aliphatic heterocycles. The highest BCUT2D eigenvalue weighted by Gasteiger charge is 2.20. The van der Waals surface area contributed by atoms with E-state index in [1.54, 1.807) is 12.1 Å². The molecule has 0 saturated carbocycles. The predicted octanol–water partition coefficient (Wildman–Crippen LogP) is 5.83. The maximum Gasteiger partial charge on any atom is 0.251 e. The smallest absolute Gasteiger partial charge is 0.251 e. The number of nitrogens with one attached hydrogen (secondary N) is 1. The van der Waals surface area contributed by atoms with Crippen molar-refractivity contribution in [2.45, 2.75) is 20.3 Å². The van der Waals surface area contributed by atoms with Gasteiger partial charge in [-0.05, 0) is 61.4 Å². The van der Waals surface area contributed by atoms with Crippen LogP contribution in [0.4, 0.5) is 4.39 Å². The number of nitrogens with zero attached hydrogens (tertiary/aromatic N) is 3. The quantitative estimate of drug-likeness (QED) is 0.248. The summed E-state index contributed by atoms with van der Waals surface area (Å²) in [5.74, 6) is -1.28. The summed E-state index contributed by atoms with van der Waals surface area (Å²) in [7, 11) is -3.23. The first-order valence-electron chi connectivity index (χ1n) is 12.1. The van der Waals surface area contributed by atoms with Crippen LogP contribution in [-0.2, 0) is 16.3 Å². The minimum absolute atomic E-state index is 0.00804. The van der Waals surface area contributed by atoms with Gasteiger partial charge in [0, 0.05) is 34.5 Å². The summed E-state index contributed by atoms with van der Waals surface area (Å²) in [4.78, 5) is 12.6. The average molecular weight is 617 g/mol. The molecule has 0 aliphatic carbocycles. The minimum atomic E-state index is -3.23. The third-order valence-electron chi connectivity index (χ3n) is 6.08. The van der Waals surface area contributed by atoms with Gasteiger partial charge in [0.05, 0.1) is 28.8 Å². The lowest BCUT2D eigenvalue weighted by Gasteiger charge is -2.12. The first-order chi connectivity index (χ1) is 19.3. The Labute approximate surface area is 245 Å². The Morgan fingerprint density at radius 2 is 1.90 bits per heavy atom. The summed E-state index contributed by atoms with van der Waals surface area (Å²) in [6.07, 6.45) is 1.00. The number of hydrogen-bond acceptors (Lipinski definition) is 8. The van der Waals surface area contributed by atoms with E-state index in [4.69, 9.17) is 37.6 Å². The van der Waals surface area contributed by atoms with E-state index in [2.05, 4.69) is 15.5 Å². The fraction of sp³-hybridized carbons (Fsp3) is 0.214. The molecule has 0 unspecified atom stereocenters. The molecule has 1 amide bonds. The molecule has 0 atom stereocenters. The molecule has 0 bridgehead atoms. The number of ether oxygens (including phenoxy) is 1. The van der Waals surface area contributed by atoms with Crippen molar-refractivity contribution >= 4 is 38.9 Å². The normalized spacial score (nSPS) is 11.2. The van der Waals surface area contributed by atoms with Gasteiger partial charge in [0.1, 0.15) is 15.6 Å². The zero-order chi connectivity index (χ0) is 29.9. The third-order valence-corrected chi connectivity index (χ3v) is 7.54. The van der Waals surface area contributed by atoms with Gasteiger partial charge in [-0.3, -0.25) is 4.79 Å². The van der Waals surface area contributed by atoms with Crippen LogP contribution in [0.25, 0.3) is 11.5 Å². The van der Waals surface area contributed by atoms with E-state index in [0.717, 1.165) is 17.4 Å². The van der Waals surface area contributed by atoms with Crippen LogP contribution in [0.3, 0.4) is 0 Å². The second kappa shape index (κ2) is 12.3. The van der Waals surface area contributed by atoms with E-state index in [9.17, 15) is 13.2 Å². The molecular weight excluding hydrogens is 594 g/mol. The Bertz CT molecular complexity index is 1800. The van der Waals surface area contributed by atoms with Crippen molar-refractivity contribution in [2.24, 2.45) is 0 Å². The van der Waals surface area contributed by atoms with Gasteiger partial charge in [-0.15, -0.1) is 10.2 Å². The number of aryl methyl sites for hydroxylation is 1. The first-order valence-corrected chi connectivity index (χ1v) is 14.9. The maximum atomic E-state index is 15.5. The molecule has 1 heterocycles. The minimum Gasteiger partial charge on any atom is -0.453 e. The molecule has 212 valence electrons. The number of amides is 1. The first kappa shape index (κ1) is 30.0. The summed E-state index contributed by atoms with van der Waals surface area (Å²) in [5, 5.41) is 20.1. The molecule has 1 aromatic heterocycles. The molecule has 13 heteroatoms. The van der Waals surface area contributed by atoms with Gasteiger partial charge in [-0.2, -0.15) is 5.26 Å². The Morgan fingerprint density at radius 3 is 2.61 bits per heavy atom. The molecule has 41 heavy (non-hydrogen) atoms. The van der Waals surface area contributed by atoms with E-state index in [-0.39, 0.29) is 63.2 Å². The predicted molar refractivity (Wildman–Crippen MR) is 152 cm³/mol. The van der Waals surface area contributed by atoms with Crippen LogP contribution < -0.4 is 10.1 Å². The highest BCUT2D eigenvalue weighted by molar-refractivity contribution is 7.90. The Morgan fingerprint density at radius 1 is 1.15 bits per heavy atom. The van der Waals surface area contributed by atoms with Crippen LogP contribution >= 0.6 is 23.2 Å². The lowest BCUT2D eigenvalue weighted by molar-refractivity contribution is 0.0956. The van der Waals surface area contributed by atoms with E-state index < -0.39 is 21.6 Å². The molecule has 3 aromatic carbocycles. The SMILES string of the molecule is Cc1cc(C(=O)NCCS(C)(=O)=O)cc(-c2nnc(Cc3ccc(Cl)c(Oc4cc(Cl)cc(C#N)c4)c3F)o2)c1C. The molecule has 0 radical (unpaired) electrons. The number of rotatable bonds is 9. The number of benzene rings is 3. The van der Waals surface area contributed by atoms with Crippen LogP contribution in [0.1, 0.15) is 38.5 Å². The van der Waals surface area contributed by atoms with Crippen molar-refractivity contribution in [3.63, 3.8) is 0 Å². The molecule has 1 N–H and O–H groups in total. The lowest BCUT2D eigenvalue weighted by Crippen LogP contribution is -2.28. The summed E-state index contributed by atoms with van der Waals surface area (Å²) in [5.41, 5.74) is 2.77. The van der Waals surface area contributed by atoms with Crippen molar-refractivity contribution in [1.29, 1.82) is 5.26 Å². The van der Waals surface area contributed by atoms with Crippen LogP contribution in [0.5, 0.6) is 11.5 Å². The average Bonchev–Trinajstić information content (AvgIpc) is 3.36. The van der Waals surface area contributed by atoms with Gasteiger partial charge in [0.15, 0.2) is 11.6 Å². The number of aromatic nitrogens is 2.